The van der Waals surface area contributed by atoms with E-state index in [1.165, 1.54) is 0 Å². The molecule has 0 radical (unpaired) electrons. The minimum atomic E-state index is -0.426. The van der Waals surface area contributed by atoms with Gasteiger partial charge in [-0.05, 0) is 31.5 Å². The van der Waals surface area contributed by atoms with Gasteiger partial charge in [-0.3, -0.25) is 9.59 Å². The zero-order chi connectivity index (χ0) is 13.3. The van der Waals surface area contributed by atoms with E-state index in [4.69, 9.17) is 0 Å². The van der Waals surface area contributed by atoms with Gasteiger partial charge in [-0.1, -0.05) is 28.1 Å². The Labute approximate surface area is 114 Å². The number of carbonyl (C=O) groups excluding carboxylic acids is 2. The quantitative estimate of drug-likeness (QED) is 0.906. The molecule has 0 saturated carbocycles. The molecule has 1 fully saturated rings. The lowest BCUT2D eigenvalue weighted by Gasteiger charge is -2.37. The van der Waals surface area contributed by atoms with Crippen LogP contribution in [0, 0.1) is 0 Å². The van der Waals surface area contributed by atoms with Crippen molar-refractivity contribution in [1.82, 2.24) is 10.2 Å². The standard InChI is InChI=1S/C13H15BrN2O2/c1-8(10-3-5-11(14)6-4-10)16-9(2)13(18)15-7-12(16)17/h3-6,8-9H,7H2,1-2H3,(H,15,18)/t8-,9+/m0/s1. The molecule has 1 heterocycles. The number of nitrogens with zero attached hydrogens (tertiary/aromatic N) is 1. The summed E-state index contributed by atoms with van der Waals surface area (Å²) in [6.07, 6.45) is 0. The van der Waals surface area contributed by atoms with Gasteiger partial charge in [0.25, 0.3) is 0 Å². The normalized spacial score (nSPS) is 21.7. The zero-order valence-corrected chi connectivity index (χ0v) is 11.9. The molecular weight excluding hydrogens is 296 g/mol. The van der Waals surface area contributed by atoms with E-state index in [2.05, 4.69) is 21.2 Å². The van der Waals surface area contributed by atoms with Gasteiger partial charge in [0.05, 0.1) is 12.6 Å². The zero-order valence-electron chi connectivity index (χ0n) is 10.3. The lowest BCUT2D eigenvalue weighted by Crippen LogP contribution is -2.57. The second kappa shape index (κ2) is 5.10. The molecule has 2 atom stereocenters. The van der Waals surface area contributed by atoms with Gasteiger partial charge in [0.1, 0.15) is 6.04 Å². The van der Waals surface area contributed by atoms with Crippen molar-refractivity contribution >= 4 is 27.7 Å². The minimum Gasteiger partial charge on any atom is -0.345 e. The predicted octanol–water partition coefficient (Wildman–Crippen LogP) is 1.86. The number of carbonyl (C=O) groups is 2. The van der Waals surface area contributed by atoms with Crippen LogP contribution in [0.1, 0.15) is 25.5 Å². The van der Waals surface area contributed by atoms with E-state index < -0.39 is 6.04 Å². The van der Waals surface area contributed by atoms with Crippen LogP contribution in [-0.2, 0) is 9.59 Å². The van der Waals surface area contributed by atoms with Gasteiger partial charge in [-0.25, -0.2) is 0 Å². The Morgan fingerprint density at radius 3 is 2.56 bits per heavy atom. The predicted molar refractivity (Wildman–Crippen MR) is 71.9 cm³/mol. The molecule has 0 spiro atoms. The molecule has 1 N–H and O–H groups in total. The number of amides is 2. The van der Waals surface area contributed by atoms with Crippen LogP contribution in [0.4, 0.5) is 0 Å². The Kier molecular flexibility index (Phi) is 3.71. The van der Waals surface area contributed by atoms with E-state index in [1.54, 1.807) is 11.8 Å². The SMILES string of the molecule is C[C@@H]1C(=O)NCC(=O)N1[C@@H](C)c1ccc(Br)cc1. The summed E-state index contributed by atoms with van der Waals surface area (Å²) in [5, 5.41) is 2.59. The fraction of sp³-hybridized carbons (Fsp3) is 0.385. The summed E-state index contributed by atoms with van der Waals surface area (Å²) < 4.78 is 0.995. The maximum absolute atomic E-state index is 11.9. The van der Waals surface area contributed by atoms with E-state index in [0.717, 1.165) is 10.0 Å². The summed E-state index contributed by atoms with van der Waals surface area (Å²) in [5.74, 6) is -0.143. The van der Waals surface area contributed by atoms with E-state index in [1.807, 2.05) is 31.2 Å². The number of hydrogen-bond acceptors (Lipinski definition) is 2. The third-order valence-electron chi connectivity index (χ3n) is 3.27. The Balaban J connectivity index is 2.26. The van der Waals surface area contributed by atoms with E-state index in [0.29, 0.717) is 0 Å². The van der Waals surface area contributed by atoms with Crippen LogP contribution in [0.2, 0.25) is 0 Å². The van der Waals surface area contributed by atoms with Gasteiger partial charge < -0.3 is 10.2 Å². The highest BCUT2D eigenvalue weighted by Crippen LogP contribution is 2.25. The summed E-state index contributed by atoms with van der Waals surface area (Å²) in [6, 6.07) is 7.26. The first kappa shape index (κ1) is 13.1. The third-order valence-corrected chi connectivity index (χ3v) is 3.80. The smallest absolute Gasteiger partial charge is 0.243 e. The van der Waals surface area contributed by atoms with Crippen molar-refractivity contribution < 1.29 is 9.59 Å². The number of rotatable bonds is 2. The average Bonchev–Trinajstić information content (AvgIpc) is 2.35. The first-order valence-electron chi connectivity index (χ1n) is 5.85. The van der Waals surface area contributed by atoms with Gasteiger partial charge >= 0.3 is 0 Å². The molecule has 2 amide bonds. The summed E-state index contributed by atoms with van der Waals surface area (Å²) in [5.41, 5.74) is 1.02. The van der Waals surface area contributed by atoms with Crippen LogP contribution < -0.4 is 5.32 Å². The Morgan fingerprint density at radius 2 is 1.94 bits per heavy atom. The molecule has 1 aliphatic rings. The maximum atomic E-state index is 11.9. The summed E-state index contributed by atoms with van der Waals surface area (Å²) in [4.78, 5) is 25.2. The molecule has 0 unspecified atom stereocenters. The van der Waals surface area contributed by atoms with Gasteiger partial charge in [-0.2, -0.15) is 0 Å². The Hall–Kier alpha value is -1.36. The molecule has 0 aliphatic carbocycles. The van der Waals surface area contributed by atoms with Crippen molar-refractivity contribution in [3.8, 4) is 0 Å². The summed E-state index contributed by atoms with van der Waals surface area (Å²) >= 11 is 3.38. The highest BCUT2D eigenvalue weighted by atomic mass is 79.9. The number of hydrogen-bond donors (Lipinski definition) is 1. The second-order valence-corrected chi connectivity index (χ2v) is 5.34. The average molecular weight is 311 g/mol. The molecule has 1 aliphatic heterocycles. The van der Waals surface area contributed by atoms with Gasteiger partial charge in [0.2, 0.25) is 11.8 Å². The van der Waals surface area contributed by atoms with Crippen molar-refractivity contribution in [3.05, 3.63) is 34.3 Å². The van der Waals surface area contributed by atoms with Gasteiger partial charge in [0, 0.05) is 4.47 Å². The van der Waals surface area contributed by atoms with Crippen molar-refractivity contribution in [2.75, 3.05) is 6.54 Å². The van der Waals surface area contributed by atoms with Crippen molar-refractivity contribution in [1.29, 1.82) is 0 Å². The monoisotopic (exact) mass is 310 g/mol. The molecule has 1 saturated heterocycles. The van der Waals surface area contributed by atoms with Crippen LogP contribution in [-0.4, -0.2) is 29.3 Å². The molecule has 96 valence electrons. The van der Waals surface area contributed by atoms with Crippen molar-refractivity contribution in [2.24, 2.45) is 0 Å². The number of nitrogens with one attached hydrogen (secondary N) is 1. The first-order valence-corrected chi connectivity index (χ1v) is 6.64. The molecule has 18 heavy (non-hydrogen) atoms. The highest BCUT2D eigenvalue weighted by molar-refractivity contribution is 9.10. The molecule has 4 nitrogen and oxygen atoms in total. The van der Waals surface area contributed by atoms with Crippen molar-refractivity contribution in [2.45, 2.75) is 25.9 Å². The topological polar surface area (TPSA) is 49.4 Å². The lowest BCUT2D eigenvalue weighted by atomic mass is 10.0. The molecule has 5 heteroatoms. The molecule has 2 rings (SSSR count). The van der Waals surface area contributed by atoms with E-state index in [9.17, 15) is 9.59 Å². The number of benzene rings is 1. The molecule has 0 bridgehead atoms. The maximum Gasteiger partial charge on any atom is 0.243 e. The first-order chi connectivity index (χ1) is 8.50. The van der Waals surface area contributed by atoms with Crippen LogP contribution in [0.15, 0.2) is 28.7 Å². The fourth-order valence-electron chi connectivity index (χ4n) is 2.20. The van der Waals surface area contributed by atoms with E-state index >= 15 is 0 Å². The molecule has 1 aromatic carbocycles. The third kappa shape index (κ3) is 2.41. The Bertz CT molecular complexity index is 472. The Morgan fingerprint density at radius 1 is 1.33 bits per heavy atom. The molecule has 0 aromatic heterocycles. The summed E-state index contributed by atoms with van der Waals surface area (Å²) in [6.45, 7) is 3.78. The number of piperazine rings is 1. The second-order valence-electron chi connectivity index (χ2n) is 4.42. The van der Waals surface area contributed by atoms with E-state index in [-0.39, 0.29) is 24.4 Å². The van der Waals surface area contributed by atoms with Gasteiger partial charge in [0.15, 0.2) is 0 Å². The van der Waals surface area contributed by atoms with Crippen molar-refractivity contribution in [3.63, 3.8) is 0 Å². The minimum absolute atomic E-state index is 0.0440. The molecular formula is C13H15BrN2O2. The molecule has 1 aromatic rings. The number of halogens is 1. The lowest BCUT2D eigenvalue weighted by molar-refractivity contribution is -0.147. The van der Waals surface area contributed by atoms with Crippen LogP contribution >= 0.6 is 15.9 Å². The van der Waals surface area contributed by atoms with Crippen LogP contribution in [0.25, 0.3) is 0 Å². The largest absolute Gasteiger partial charge is 0.345 e. The van der Waals surface area contributed by atoms with Gasteiger partial charge in [-0.15, -0.1) is 0 Å². The highest BCUT2D eigenvalue weighted by Gasteiger charge is 2.34. The fourth-order valence-corrected chi connectivity index (χ4v) is 2.46. The summed E-state index contributed by atoms with van der Waals surface area (Å²) in [7, 11) is 0. The van der Waals surface area contributed by atoms with Crippen LogP contribution in [0.3, 0.4) is 0 Å². The van der Waals surface area contributed by atoms with Crippen LogP contribution in [0.5, 0.6) is 0 Å².